The summed E-state index contributed by atoms with van der Waals surface area (Å²) in [5, 5.41) is 2.55. The monoisotopic (exact) mass is 422 g/mol. The second kappa shape index (κ2) is 7.95. The number of halogens is 3. The summed E-state index contributed by atoms with van der Waals surface area (Å²) in [5.74, 6) is -2.13. The maximum absolute atomic E-state index is 13.2. The van der Waals surface area contributed by atoms with Crippen LogP contribution < -0.4 is 5.32 Å². The van der Waals surface area contributed by atoms with Crippen molar-refractivity contribution in [1.82, 2.24) is 4.90 Å². The first-order chi connectivity index (χ1) is 12.4. The van der Waals surface area contributed by atoms with Crippen molar-refractivity contribution in [3.63, 3.8) is 0 Å². The van der Waals surface area contributed by atoms with Gasteiger partial charge in [0.2, 0.25) is 5.91 Å². The molecule has 0 aromatic heterocycles. The average Bonchev–Trinajstić information content (AvgIpc) is 2.61. The van der Waals surface area contributed by atoms with Crippen LogP contribution in [0.2, 0.25) is 0 Å². The summed E-state index contributed by atoms with van der Waals surface area (Å²) < 4.78 is 27.3. The molecule has 7 heteroatoms. The summed E-state index contributed by atoms with van der Waals surface area (Å²) in [6.07, 6.45) is 1.01. The molecule has 1 heterocycles. The quantitative estimate of drug-likeness (QED) is 0.804. The lowest BCUT2D eigenvalue weighted by Gasteiger charge is -2.31. The highest BCUT2D eigenvalue weighted by Gasteiger charge is 2.28. The van der Waals surface area contributed by atoms with Crippen molar-refractivity contribution >= 4 is 33.4 Å². The van der Waals surface area contributed by atoms with Crippen molar-refractivity contribution in [2.24, 2.45) is 5.92 Å². The Kier molecular flexibility index (Phi) is 5.66. The fourth-order valence-electron chi connectivity index (χ4n) is 2.99. The van der Waals surface area contributed by atoms with Crippen LogP contribution in [0.4, 0.5) is 14.5 Å². The van der Waals surface area contributed by atoms with Gasteiger partial charge in [-0.1, -0.05) is 15.9 Å². The molecule has 0 saturated carbocycles. The van der Waals surface area contributed by atoms with E-state index in [9.17, 15) is 18.4 Å². The maximum Gasteiger partial charge on any atom is 0.253 e. The average molecular weight is 423 g/mol. The zero-order valence-electron chi connectivity index (χ0n) is 13.8. The van der Waals surface area contributed by atoms with Crippen LogP contribution >= 0.6 is 15.9 Å². The number of piperidine rings is 1. The minimum atomic E-state index is -0.741. The topological polar surface area (TPSA) is 49.4 Å². The predicted octanol–water partition coefficient (Wildman–Crippen LogP) is 4.22. The molecule has 0 bridgehead atoms. The number of carbonyl (C=O) groups excluding carboxylic acids is 2. The van der Waals surface area contributed by atoms with Gasteiger partial charge in [0.15, 0.2) is 0 Å². The molecule has 0 unspecified atom stereocenters. The fourth-order valence-corrected chi connectivity index (χ4v) is 3.25. The molecular weight excluding hydrogens is 406 g/mol. The SMILES string of the molecule is O=C(Nc1cc(F)cc(F)c1)C1CCN(C(=O)c2ccc(Br)cc2)CC1. The second-order valence-corrected chi connectivity index (χ2v) is 7.14. The molecule has 1 fully saturated rings. The van der Waals surface area contributed by atoms with Gasteiger partial charge >= 0.3 is 0 Å². The van der Waals surface area contributed by atoms with Gasteiger partial charge in [0, 0.05) is 40.8 Å². The van der Waals surface area contributed by atoms with Gasteiger partial charge in [0.25, 0.3) is 5.91 Å². The van der Waals surface area contributed by atoms with Crippen molar-refractivity contribution in [2.75, 3.05) is 18.4 Å². The Bertz CT molecular complexity index is 799. The largest absolute Gasteiger partial charge is 0.339 e. The zero-order chi connectivity index (χ0) is 18.7. The number of nitrogens with one attached hydrogen (secondary N) is 1. The fraction of sp³-hybridized carbons (Fsp3) is 0.263. The Hall–Kier alpha value is -2.28. The maximum atomic E-state index is 13.2. The first kappa shape index (κ1) is 18.5. The normalized spacial score (nSPS) is 15.0. The molecule has 1 aliphatic rings. The van der Waals surface area contributed by atoms with Crippen molar-refractivity contribution in [1.29, 1.82) is 0 Å². The summed E-state index contributed by atoms with van der Waals surface area (Å²) in [7, 11) is 0. The van der Waals surface area contributed by atoms with Gasteiger partial charge in [-0.05, 0) is 49.2 Å². The molecule has 1 N–H and O–H groups in total. The number of rotatable bonds is 3. The first-order valence-electron chi connectivity index (χ1n) is 8.24. The van der Waals surface area contributed by atoms with Crippen LogP contribution in [-0.4, -0.2) is 29.8 Å². The van der Waals surface area contributed by atoms with Crippen LogP contribution in [0.15, 0.2) is 46.9 Å². The summed E-state index contributed by atoms with van der Waals surface area (Å²) in [6, 6.07) is 10.0. The summed E-state index contributed by atoms with van der Waals surface area (Å²) >= 11 is 3.33. The van der Waals surface area contributed by atoms with Gasteiger partial charge in [-0.3, -0.25) is 9.59 Å². The third kappa shape index (κ3) is 4.46. The number of nitrogens with zero attached hydrogens (tertiary/aromatic N) is 1. The highest BCUT2D eigenvalue weighted by atomic mass is 79.9. The smallest absolute Gasteiger partial charge is 0.253 e. The van der Waals surface area contributed by atoms with Gasteiger partial charge in [0.1, 0.15) is 11.6 Å². The molecule has 2 aromatic carbocycles. The molecule has 2 aromatic rings. The molecule has 2 amide bonds. The summed E-state index contributed by atoms with van der Waals surface area (Å²) in [6.45, 7) is 0.926. The van der Waals surface area contributed by atoms with E-state index in [1.165, 1.54) is 0 Å². The lowest BCUT2D eigenvalue weighted by molar-refractivity contribution is -0.121. The Labute approximate surface area is 158 Å². The first-order valence-corrected chi connectivity index (χ1v) is 9.03. The Morgan fingerprint density at radius 1 is 1.00 bits per heavy atom. The summed E-state index contributed by atoms with van der Waals surface area (Å²) in [4.78, 5) is 26.5. The van der Waals surface area contributed by atoms with Crippen LogP contribution in [0.25, 0.3) is 0 Å². The van der Waals surface area contributed by atoms with Crippen molar-refractivity contribution < 1.29 is 18.4 Å². The molecule has 1 aliphatic heterocycles. The van der Waals surface area contributed by atoms with Crippen molar-refractivity contribution in [2.45, 2.75) is 12.8 Å². The molecule has 0 atom stereocenters. The van der Waals surface area contributed by atoms with Gasteiger partial charge < -0.3 is 10.2 Å². The minimum Gasteiger partial charge on any atom is -0.339 e. The Morgan fingerprint density at radius 2 is 1.58 bits per heavy atom. The van der Waals surface area contributed by atoms with E-state index in [-0.39, 0.29) is 23.4 Å². The minimum absolute atomic E-state index is 0.0661. The molecule has 0 aliphatic carbocycles. The van der Waals surface area contributed by atoms with E-state index >= 15 is 0 Å². The molecule has 0 radical (unpaired) electrons. The van der Waals surface area contributed by atoms with Crippen LogP contribution in [0, 0.1) is 17.6 Å². The van der Waals surface area contributed by atoms with Gasteiger partial charge in [0.05, 0.1) is 0 Å². The molecule has 4 nitrogen and oxygen atoms in total. The van der Waals surface area contributed by atoms with E-state index in [4.69, 9.17) is 0 Å². The Morgan fingerprint density at radius 3 is 2.15 bits per heavy atom. The van der Waals surface area contributed by atoms with E-state index < -0.39 is 11.6 Å². The number of carbonyl (C=O) groups is 2. The number of hydrogen-bond acceptors (Lipinski definition) is 2. The molecular formula is C19H17BrF2N2O2. The van der Waals surface area contributed by atoms with Gasteiger partial charge in [-0.15, -0.1) is 0 Å². The zero-order valence-corrected chi connectivity index (χ0v) is 15.4. The van der Waals surface area contributed by atoms with Crippen molar-refractivity contribution in [3.8, 4) is 0 Å². The highest BCUT2D eigenvalue weighted by molar-refractivity contribution is 9.10. The standard InChI is InChI=1S/C19H17BrF2N2O2/c20-14-3-1-13(2-4-14)19(26)24-7-5-12(6-8-24)18(25)23-17-10-15(21)9-16(22)11-17/h1-4,9-12H,5-8H2,(H,23,25). The molecule has 136 valence electrons. The third-order valence-corrected chi connectivity index (χ3v) is 4.90. The Balaban J connectivity index is 1.56. The number of hydrogen-bond donors (Lipinski definition) is 1. The van der Waals surface area contributed by atoms with E-state index in [1.807, 2.05) is 12.1 Å². The number of anilines is 1. The third-order valence-electron chi connectivity index (χ3n) is 4.37. The molecule has 0 spiro atoms. The van der Waals surface area contributed by atoms with Crippen LogP contribution in [0.5, 0.6) is 0 Å². The molecule has 26 heavy (non-hydrogen) atoms. The lowest BCUT2D eigenvalue weighted by Crippen LogP contribution is -2.41. The van der Waals surface area contributed by atoms with E-state index in [1.54, 1.807) is 17.0 Å². The van der Waals surface area contributed by atoms with E-state index in [2.05, 4.69) is 21.2 Å². The van der Waals surface area contributed by atoms with Gasteiger partial charge in [-0.25, -0.2) is 8.78 Å². The molecule has 1 saturated heterocycles. The predicted molar refractivity (Wildman–Crippen MR) is 97.8 cm³/mol. The second-order valence-electron chi connectivity index (χ2n) is 6.22. The van der Waals surface area contributed by atoms with Crippen molar-refractivity contribution in [3.05, 3.63) is 64.1 Å². The summed E-state index contributed by atoms with van der Waals surface area (Å²) in [5.41, 5.74) is 0.701. The van der Waals surface area contributed by atoms with E-state index in [0.29, 0.717) is 31.5 Å². The molecule has 3 rings (SSSR count). The number of amides is 2. The van der Waals surface area contributed by atoms with E-state index in [0.717, 1.165) is 22.7 Å². The van der Waals surface area contributed by atoms with Crippen LogP contribution in [0.3, 0.4) is 0 Å². The number of benzene rings is 2. The number of likely N-dealkylation sites (tertiary alicyclic amines) is 1. The van der Waals surface area contributed by atoms with Crippen LogP contribution in [0.1, 0.15) is 23.2 Å². The van der Waals surface area contributed by atoms with Crippen LogP contribution in [-0.2, 0) is 4.79 Å². The highest BCUT2D eigenvalue weighted by Crippen LogP contribution is 2.22. The lowest BCUT2D eigenvalue weighted by atomic mass is 9.95. The van der Waals surface area contributed by atoms with Gasteiger partial charge in [-0.2, -0.15) is 0 Å².